The lowest BCUT2D eigenvalue weighted by molar-refractivity contribution is -0.139. The van der Waals surface area contributed by atoms with Crippen molar-refractivity contribution < 1.29 is 14.4 Å². The number of carbonyl (C=O) groups is 3. The molecule has 0 heterocycles. The smallest absolute Gasteiger partial charge is 0.148 e. The Bertz CT molecular complexity index is 754. The van der Waals surface area contributed by atoms with E-state index in [1.165, 1.54) is 5.57 Å². The quantitative estimate of drug-likeness (QED) is 0.454. The molecule has 154 valence electrons. The van der Waals surface area contributed by atoms with Crippen molar-refractivity contribution in [1.29, 1.82) is 0 Å². The van der Waals surface area contributed by atoms with E-state index in [4.69, 9.17) is 0 Å². The largest absolute Gasteiger partial charge is 0.299 e. The lowest BCUT2D eigenvalue weighted by Gasteiger charge is -2.55. The topological polar surface area (TPSA) is 51.2 Å². The van der Waals surface area contributed by atoms with E-state index < -0.39 is 11.3 Å². The molecular formula is C25H36O3. The normalized spacial score (nSPS) is 43.5. The van der Waals surface area contributed by atoms with Crippen LogP contribution in [0.3, 0.4) is 0 Å². The average molecular weight is 385 g/mol. The van der Waals surface area contributed by atoms with Gasteiger partial charge in [0.2, 0.25) is 0 Å². The number of ketones is 3. The van der Waals surface area contributed by atoms with Gasteiger partial charge in [-0.1, -0.05) is 46.3 Å². The Hall–Kier alpha value is -1.25. The zero-order valence-electron chi connectivity index (χ0n) is 18.3. The van der Waals surface area contributed by atoms with Gasteiger partial charge in [-0.05, 0) is 61.7 Å². The first-order valence-corrected chi connectivity index (χ1v) is 11.3. The molecule has 0 aromatic heterocycles. The van der Waals surface area contributed by atoms with Crippen LogP contribution in [-0.2, 0) is 14.4 Å². The molecule has 28 heavy (non-hydrogen) atoms. The molecule has 3 saturated carbocycles. The van der Waals surface area contributed by atoms with E-state index in [2.05, 4.69) is 19.9 Å². The third kappa shape index (κ3) is 2.79. The summed E-state index contributed by atoms with van der Waals surface area (Å²) in [4.78, 5) is 38.7. The number of allylic oxidation sites excluding steroid dienone is 2. The summed E-state index contributed by atoms with van der Waals surface area (Å²) >= 11 is 0. The molecule has 0 aromatic carbocycles. The minimum Gasteiger partial charge on any atom is -0.299 e. The van der Waals surface area contributed by atoms with Crippen molar-refractivity contribution in [2.24, 2.45) is 39.9 Å². The summed E-state index contributed by atoms with van der Waals surface area (Å²) in [5.74, 6) is 1.75. The number of hydrogen-bond donors (Lipinski definition) is 0. The van der Waals surface area contributed by atoms with E-state index in [0.717, 1.165) is 38.5 Å². The summed E-state index contributed by atoms with van der Waals surface area (Å²) in [5.41, 5.74) is 0.721. The minimum absolute atomic E-state index is 0.0758. The van der Waals surface area contributed by atoms with E-state index >= 15 is 0 Å². The van der Waals surface area contributed by atoms with Crippen molar-refractivity contribution in [2.45, 2.75) is 86.0 Å². The standard InChI is InChI=1S/C25H36O3/c1-23(2,3)22(28)17-14-25(5)15(7-10-20(17)26)6-8-16-18-9-11-21(27)24(18,4)13-12-19(16)25/h6,16-19H,7-14H2,1-5H3. The van der Waals surface area contributed by atoms with Crippen LogP contribution in [0.25, 0.3) is 0 Å². The van der Waals surface area contributed by atoms with Gasteiger partial charge in [0.25, 0.3) is 0 Å². The predicted octanol–water partition coefficient (Wildman–Crippen LogP) is 5.32. The summed E-state index contributed by atoms with van der Waals surface area (Å²) in [7, 11) is 0. The molecule has 0 radical (unpaired) electrons. The maximum absolute atomic E-state index is 13.2. The van der Waals surface area contributed by atoms with Gasteiger partial charge in [-0.15, -0.1) is 0 Å². The highest BCUT2D eigenvalue weighted by Crippen LogP contribution is 2.64. The van der Waals surface area contributed by atoms with Crippen LogP contribution in [0.15, 0.2) is 11.6 Å². The van der Waals surface area contributed by atoms with Crippen molar-refractivity contribution >= 4 is 17.3 Å². The first-order valence-electron chi connectivity index (χ1n) is 11.3. The fourth-order valence-electron chi connectivity index (χ4n) is 7.33. The molecule has 6 unspecified atom stereocenters. The molecule has 0 bridgehead atoms. The first-order chi connectivity index (χ1) is 13.0. The summed E-state index contributed by atoms with van der Waals surface area (Å²) in [6, 6.07) is 0. The Balaban J connectivity index is 1.70. The van der Waals surface area contributed by atoms with E-state index in [-0.39, 0.29) is 22.4 Å². The molecule has 0 amide bonds. The number of carbonyl (C=O) groups excluding carboxylic acids is 3. The first kappa shape index (κ1) is 20.0. The molecule has 4 rings (SSSR count). The summed E-state index contributed by atoms with van der Waals surface area (Å²) in [5, 5.41) is 0. The molecule has 0 spiro atoms. The average Bonchev–Trinajstić information content (AvgIpc) is 2.85. The third-order valence-corrected chi connectivity index (χ3v) is 9.05. The van der Waals surface area contributed by atoms with Gasteiger partial charge in [0, 0.05) is 23.7 Å². The number of hydrogen-bond acceptors (Lipinski definition) is 3. The second-order valence-electron chi connectivity index (χ2n) is 11.5. The highest BCUT2D eigenvalue weighted by molar-refractivity contribution is 6.04. The highest BCUT2D eigenvalue weighted by Gasteiger charge is 2.59. The SMILES string of the molecule is CC(C)(C)C(=O)C1CC2(C)C(=CCC3C4CCC(=O)C4(C)CCC32)CCC1=O. The lowest BCUT2D eigenvalue weighted by Crippen LogP contribution is -2.49. The van der Waals surface area contributed by atoms with E-state index in [9.17, 15) is 14.4 Å². The van der Waals surface area contributed by atoms with Crippen LogP contribution in [0.1, 0.15) is 86.0 Å². The Kier molecular flexibility index (Phi) is 4.56. The maximum atomic E-state index is 13.2. The highest BCUT2D eigenvalue weighted by atomic mass is 16.2. The van der Waals surface area contributed by atoms with Crippen LogP contribution in [0.2, 0.25) is 0 Å². The summed E-state index contributed by atoms with van der Waals surface area (Å²) < 4.78 is 0. The summed E-state index contributed by atoms with van der Waals surface area (Å²) in [6.07, 6.45) is 9.24. The fraction of sp³-hybridized carbons (Fsp3) is 0.800. The second kappa shape index (κ2) is 6.37. The van der Waals surface area contributed by atoms with E-state index in [0.29, 0.717) is 36.4 Å². The Morgan fingerprint density at radius 1 is 1.00 bits per heavy atom. The molecule has 3 fully saturated rings. The fourth-order valence-corrected chi connectivity index (χ4v) is 7.33. The van der Waals surface area contributed by atoms with Gasteiger partial charge in [0.1, 0.15) is 17.3 Å². The van der Waals surface area contributed by atoms with Crippen LogP contribution >= 0.6 is 0 Å². The van der Waals surface area contributed by atoms with Gasteiger partial charge < -0.3 is 0 Å². The van der Waals surface area contributed by atoms with Gasteiger partial charge in [0.05, 0.1) is 5.92 Å². The Morgan fingerprint density at radius 3 is 2.36 bits per heavy atom. The van der Waals surface area contributed by atoms with Crippen molar-refractivity contribution in [3.63, 3.8) is 0 Å². The van der Waals surface area contributed by atoms with Gasteiger partial charge in [-0.25, -0.2) is 0 Å². The second-order valence-corrected chi connectivity index (χ2v) is 11.5. The van der Waals surface area contributed by atoms with Gasteiger partial charge in [-0.3, -0.25) is 14.4 Å². The van der Waals surface area contributed by atoms with Gasteiger partial charge >= 0.3 is 0 Å². The Labute approximate surface area is 169 Å². The molecule has 6 atom stereocenters. The van der Waals surface area contributed by atoms with Crippen molar-refractivity contribution in [1.82, 2.24) is 0 Å². The molecule has 4 aliphatic rings. The van der Waals surface area contributed by atoms with Crippen LogP contribution in [0.4, 0.5) is 0 Å². The van der Waals surface area contributed by atoms with Crippen molar-refractivity contribution in [2.75, 3.05) is 0 Å². The molecular weight excluding hydrogens is 348 g/mol. The molecule has 0 aromatic rings. The lowest BCUT2D eigenvalue weighted by atomic mass is 9.49. The maximum Gasteiger partial charge on any atom is 0.148 e. The molecule has 4 aliphatic carbocycles. The van der Waals surface area contributed by atoms with E-state index in [1.807, 2.05) is 20.8 Å². The molecule has 0 aliphatic heterocycles. The van der Waals surface area contributed by atoms with Crippen LogP contribution in [-0.4, -0.2) is 17.3 Å². The van der Waals surface area contributed by atoms with E-state index in [1.54, 1.807) is 0 Å². The van der Waals surface area contributed by atoms with Gasteiger partial charge in [0.15, 0.2) is 0 Å². The van der Waals surface area contributed by atoms with Gasteiger partial charge in [-0.2, -0.15) is 0 Å². The monoisotopic (exact) mass is 384 g/mol. The molecule has 3 heteroatoms. The molecule has 3 nitrogen and oxygen atoms in total. The number of Topliss-reactive ketones (excluding diaryl/α,β-unsaturated/α-hetero) is 3. The Morgan fingerprint density at radius 2 is 1.68 bits per heavy atom. The van der Waals surface area contributed by atoms with Crippen LogP contribution in [0, 0.1) is 39.9 Å². The number of fused-ring (bicyclic) bond motifs is 5. The summed E-state index contributed by atoms with van der Waals surface area (Å²) in [6.45, 7) is 10.3. The minimum atomic E-state index is -0.484. The number of rotatable bonds is 1. The van der Waals surface area contributed by atoms with Crippen LogP contribution < -0.4 is 0 Å². The van der Waals surface area contributed by atoms with Crippen LogP contribution in [0.5, 0.6) is 0 Å². The zero-order valence-corrected chi connectivity index (χ0v) is 18.3. The molecule has 0 saturated heterocycles. The molecule has 0 N–H and O–H groups in total. The van der Waals surface area contributed by atoms with Crippen molar-refractivity contribution in [3.05, 3.63) is 11.6 Å². The third-order valence-electron chi connectivity index (χ3n) is 9.05. The zero-order chi connectivity index (χ0) is 20.5. The predicted molar refractivity (Wildman–Crippen MR) is 110 cm³/mol. The van der Waals surface area contributed by atoms with Crippen molar-refractivity contribution in [3.8, 4) is 0 Å².